The number of carbonyl (C=O) groups is 5. The third-order valence-corrected chi connectivity index (χ3v) is 9.95. The molecule has 0 saturated heterocycles. The van der Waals surface area contributed by atoms with Crippen molar-refractivity contribution in [3.05, 3.63) is 23.8 Å². The second-order valence-corrected chi connectivity index (χ2v) is 13.8. The van der Waals surface area contributed by atoms with Crippen LogP contribution >= 0.6 is 0 Å². The zero-order chi connectivity index (χ0) is 29.7. The molecule has 0 radical (unpaired) electrons. The van der Waals surface area contributed by atoms with Gasteiger partial charge in [0.1, 0.15) is 11.7 Å². The molecule has 0 aromatic rings. The molecule has 0 amide bonds. The number of carboxylic acids is 1. The van der Waals surface area contributed by atoms with Crippen molar-refractivity contribution in [2.24, 2.45) is 34.0 Å². The molecule has 4 rings (SSSR count). The zero-order valence-corrected chi connectivity index (χ0v) is 24.2. The van der Waals surface area contributed by atoms with Gasteiger partial charge in [-0.1, -0.05) is 46.3 Å². The maximum atomic E-state index is 13.5. The van der Waals surface area contributed by atoms with E-state index in [-0.39, 0.29) is 60.6 Å². The van der Waals surface area contributed by atoms with Crippen molar-refractivity contribution in [2.75, 3.05) is 6.61 Å². The topological polar surface area (TPSA) is 144 Å². The highest BCUT2D eigenvalue weighted by molar-refractivity contribution is 6.01. The normalized spacial score (nSPS) is 36.5. The number of aliphatic carboxylic acids is 1. The van der Waals surface area contributed by atoms with Crippen molar-refractivity contribution in [3.63, 3.8) is 0 Å². The molecule has 7 atom stereocenters. The van der Waals surface area contributed by atoms with E-state index in [4.69, 9.17) is 14.6 Å². The summed E-state index contributed by atoms with van der Waals surface area (Å²) in [7, 11) is 0. The van der Waals surface area contributed by atoms with Crippen LogP contribution in [-0.4, -0.2) is 58.0 Å². The number of hydrogen-bond donors (Lipinski definition) is 2. The van der Waals surface area contributed by atoms with Crippen molar-refractivity contribution in [2.45, 2.75) is 97.7 Å². The molecule has 0 bridgehead atoms. The number of carboxylic acid groups (broad SMARTS) is 1. The summed E-state index contributed by atoms with van der Waals surface area (Å²) in [4.78, 5) is 61.6. The van der Waals surface area contributed by atoms with Gasteiger partial charge in [-0.25, -0.2) is 0 Å². The highest BCUT2D eigenvalue weighted by Gasteiger charge is 2.69. The van der Waals surface area contributed by atoms with Crippen molar-refractivity contribution < 1.29 is 43.7 Å². The average Bonchev–Trinajstić information content (AvgIpc) is 3.11. The summed E-state index contributed by atoms with van der Waals surface area (Å²) in [5.41, 5.74) is -2.48. The van der Waals surface area contributed by atoms with Gasteiger partial charge in [-0.05, 0) is 61.5 Å². The van der Waals surface area contributed by atoms with Gasteiger partial charge in [0.15, 0.2) is 12.4 Å². The number of aliphatic hydroxyl groups is 1. The maximum absolute atomic E-state index is 13.5. The van der Waals surface area contributed by atoms with E-state index in [2.05, 4.69) is 6.92 Å². The van der Waals surface area contributed by atoms with Crippen LogP contribution in [-0.2, 0) is 33.4 Å². The van der Waals surface area contributed by atoms with Crippen molar-refractivity contribution in [1.29, 1.82) is 0 Å². The van der Waals surface area contributed by atoms with E-state index in [0.29, 0.717) is 12.8 Å². The molecular formula is C31H42O9. The standard InChI is InChI=1S/C31H42O9/c1-28(2,3)16-26(37)40-22-15-30(5)21(20-7-6-18-14-19(32)10-12-29(18,4)27(20)22)11-13-31(30,38)23(33)17-39-25(36)9-8-24(34)35/h10,12,14,20-22,27,38H,6-9,11,13,15-17H2,1-5H3,(H,34,35)/t20?,21?,22?,27?,29-,30-,31-/m0/s1. The molecule has 0 aliphatic heterocycles. The summed E-state index contributed by atoms with van der Waals surface area (Å²) in [6.45, 7) is 9.20. The maximum Gasteiger partial charge on any atom is 0.306 e. The van der Waals surface area contributed by atoms with E-state index >= 15 is 0 Å². The van der Waals surface area contributed by atoms with Crippen molar-refractivity contribution >= 4 is 29.5 Å². The molecular weight excluding hydrogens is 516 g/mol. The lowest BCUT2D eigenvalue weighted by Gasteiger charge is -2.60. The third-order valence-electron chi connectivity index (χ3n) is 9.95. The minimum absolute atomic E-state index is 0.0335. The number of ketones is 2. The molecule has 2 N–H and O–H groups in total. The lowest BCUT2D eigenvalue weighted by Crippen LogP contribution is -2.62. The minimum Gasteiger partial charge on any atom is -0.481 e. The molecule has 3 fully saturated rings. The van der Waals surface area contributed by atoms with Crippen LogP contribution in [0.2, 0.25) is 0 Å². The summed E-state index contributed by atoms with van der Waals surface area (Å²) >= 11 is 0. The Morgan fingerprint density at radius 3 is 2.42 bits per heavy atom. The Morgan fingerprint density at radius 2 is 1.77 bits per heavy atom. The van der Waals surface area contributed by atoms with Crippen LogP contribution in [0.5, 0.6) is 0 Å². The zero-order valence-electron chi connectivity index (χ0n) is 24.2. The van der Waals surface area contributed by atoms with Crippen LogP contribution in [0, 0.1) is 34.0 Å². The minimum atomic E-state index is -1.79. The lowest BCUT2D eigenvalue weighted by atomic mass is 9.46. The van der Waals surface area contributed by atoms with E-state index in [1.807, 2.05) is 33.8 Å². The number of ether oxygens (including phenoxy) is 2. The lowest BCUT2D eigenvalue weighted by molar-refractivity contribution is -0.194. The average molecular weight is 559 g/mol. The van der Waals surface area contributed by atoms with E-state index in [1.165, 1.54) is 0 Å². The molecule has 0 aromatic heterocycles. The molecule has 0 spiro atoms. The van der Waals surface area contributed by atoms with Gasteiger partial charge in [-0.3, -0.25) is 24.0 Å². The van der Waals surface area contributed by atoms with Gasteiger partial charge in [0.2, 0.25) is 5.78 Å². The number of hydrogen-bond acceptors (Lipinski definition) is 8. The third kappa shape index (κ3) is 5.41. The Hall–Kier alpha value is -2.81. The Morgan fingerprint density at radius 1 is 1.07 bits per heavy atom. The quantitative estimate of drug-likeness (QED) is 0.423. The highest BCUT2D eigenvalue weighted by Crippen LogP contribution is 2.67. The second kappa shape index (κ2) is 10.5. The van der Waals surface area contributed by atoms with Crippen LogP contribution in [0.1, 0.15) is 86.0 Å². The first-order valence-electron chi connectivity index (χ1n) is 14.3. The van der Waals surface area contributed by atoms with E-state index in [1.54, 1.807) is 12.2 Å². The van der Waals surface area contributed by atoms with Crippen LogP contribution in [0.15, 0.2) is 23.8 Å². The molecule has 3 saturated carbocycles. The molecule has 220 valence electrons. The number of allylic oxidation sites excluding steroid dienone is 4. The first-order valence-corrected chi connectivity index (χ1v) is 14.3. The van der Waals surface area contributed by atoms with Crippen molar-refractivity contribution in [3.8, 4) is 0 Å². The Balaban J connectivity index is 1.64. The van der Waals surface area contributed by atoms with Crippen LogP contribution < -0.4 is 0 Å². The van der Waals surface area contributed by atoms with Gasteiger partial charge in [0.05, 0.1) is 19.3 Å². The predicted octanol–water partition coefficient (Wildman–Crippen LogP) is 3.96. The number of Topliss-reactive ketones (excluding diaryl/α,β-unsaturated/α-hetero) is 1. The summed E-state index contributed by atoms with van der Waals surface area (Å²) in [5.74, 6) is -3.10. The summed E-state index contributed by atoms with van der Waals surface area (Å²) in [5, 5.41) is 20.7. The SMILES string of the molecule is CC(C)(C)CC(=O)OC1C[C@@]2(C)C(CC[C@]2(O)C(=O)COC(=O)CCC(=O)O)C2CCC3=CC(=O)C=C[C@]3(C)C12. The highest BCUT2D eigenvalue weighted by atomic mass is 16.5. The summed E-state index contributed by atoms with van der Waals surface area (Å²) < 4.78 is 11.3. The summed E-state index contributed by atoms with van der Waals surface area (Å²) in [6, 6.07) is 0. The number of fused-ring (bicyclic) bond motifs is 5. The molecule has 0 heterocycles. The fourth-order valence-electron chi connectivity index (χ4n) is 8.05. The second-order valence-electron chi connectivity index (χ2n) is 13.8. The Kier molecular flexibility index (Phi) is 7.95. The van der Waals surface area contributed by atoms with Gasteiger partial charge in [-0.2, -0.15) is 0 Å². The van der Waals surface area contributed by atoms with Crippen LogP contribution in [0.3, 0.4) is 0 Å². The van der Waals surface area contributed by atoms with Crippen LogP contribution in [0.25, 0.3) is 0 Å². The molecule has 9 nitrogen and oxygen atoms in total. The van der Waals surface area contributed by atoms with E-state index in [9.17, 15) is 29.1 Å². The first kappa shape index (κ1) is 30.2. The number of carbonyl (C=O) groups excluding carboxylic acids is 4. The Labute approximate surface area is 235 Å². The number of rotatable bonds is 8. The van der Waals surface area contributed by atoms with Crippen molar-refractivity contribution in [1.82, 2.24) is 0 Å². The smallest absolute Gasteiger partial charge is 0.306 e. The van der Waals surface area contributed by atoms with Gasteiger partial charge in [0.25, 0.3) is 0 Å². The van der Waals surface area contributed by atoms with Crippen LogP contribution in [0.4, 0.5) is 0 Å². The van der Waals surface area contributed by atoms with Gasteiger partial charge in [-0.15, -0.1) is 0 Å². The molecule has 0 aromatic carbocycles. The number of esters is 2. The Bertz CT molecular complexity index is 1160. The van der Waals surface area contributed by atoms with E-state index < -0.39 is 53.3 Å². The van der Waals surface area contributed by atoms with Gasteiger partial charge >= 0.3 is 17.9 Å². The van der Waals surface area contributed by atoms with E-state index in [0.717, 1.165) is 12.0 Å². The molecule has 9 heteroatoms. The molecule has 40 heavy (non-hydrogen) atoms. The largest absolute Gasteiger partial charge is 0.481 e. The monoisotopic (exact) mass is 558 g/mol. The molecule has 4 aliphatic carbocycles. The molecule has 4 aliphatic rings. The fourth-order valence-corrected chi connectivity index (χ4v) is 8.05. The first-order chi connectivity index (χ1) is 18.5. The predicted molar refractivity (Wildman–Crippen MR) is 144 cm³/mol. The summed E-state index contributed by atoms with van der Waals surface area (Å²) in [6.07, 6.45) is 6.57. The molecule has 4 unspecified atom stereocenters. The van der Waals surface area contributed by atoms with Gasteiger partial charge in [0, 0.05) is 16.7 Å². The van der Waals surface area contributed by atoms with Gasteiger partial charge < -0.3 is 19.7 Å². The fraction of sp³-hybridized carbons (Fsp3) is 0.710.